The summed E-state index contributed by atoms with van der Waals surface area (Å²) in [5.41, 5.74) is 8.41. The Kier molecular flexibility index (Phi) is 5.51. The first-order chi connectivity index (χ1) is 16.5. The molecule has 7 heteroatoms. The van der Waals surface area contributed by atoms with Crippen molar-refractivity contribution in [1.29, 1.82) is 0 Å². The highest BCUT2D eigenvalue weighted by Crippen LogP contribution is 2.49. The van der Waals surface area contributed by atoms with E-state index in [1.165, 1.54) is 5.69 Å². The summed E-state index contributed by atoms with van der Waals surface area (Å²) in [4.78, 5) is 15.0. The standard InChI is InChI=1S/C28H35N3O4/c1-15-14-19-22(18-8-9-20-23(16(18)2)29-10-13-34-20)21(26(27(32)33)35-28(4,5)6)17(3)24-25(19)31(15)12-11-30(24)7/h8-9,14,26,29H,10-13H2,1-7H3,(H,32,33)/t26-/m0/s1. The average Bonchev–Trinajstić information content (AvgIpc) is 3.12. The molecule has 3 heterocycles. The van der Waals surface area contributed by atoms with E-state index in [4.69, 9.17) is 9.47 Å². The lowest BCUT2D eigenvalue weighted by Crippen LogP contribution is -2.31. The number of carbonyl (C=O) groups is 1. The van der Waals surface area contributed by atoms with Gasteiger partial charge in [-0.1, -0.05) is 6.07 Å². The summed E-state index contributed by atoms with van der Waals surface area (Å²) in [6, 6.07) is 6.26. The van der Waals surface area contributed by atoms with E-state index in [1.54, 1.807) is 0 Å². The Morgan fingerprint density at radius 1 is 1.17 bits per heavy atom. The first-order valence-corrected chi connectivity index (χ1v) is 12.3. The van der Waals surface area contributed by atoms with Crippen molar-refractivity contribution in [2.24, 2.45) is 0 Å². The summed E-state index contributed by atoms with van der Waals surface area (Å²) < 4.78 is 14.5. The van der Waals surface area contributed by atoms with Crippen LogP contribution in [-0.2, 0) is 16.1 Å². The molecule has 0 unspecified atom stereocenters. The molecular weight excluding hydrogens is 442 g/mol. The third-order valence-corrected chi connectivity index (χ3v) is 7.18. The molecule has 0 aliphatic carbocycles. The first kappa shape index (κ1) is 23.5. The van der Waals surface area contributed by atoms with Crippen LogP contribution in [0.25, 0.3) is 22.0 Å². The molecule has 2 N–H and O–H groups in total. The number of aryl methyl sites for hydroxylation is 1. The number of carboxylic acids is 1. The van der Waals surface area contributed by atoms with Gasteiger partial charge in [0.25, 0.3) is 0 Å². The number of likely N-dealkylation sites (N-methyl/N-ethyl adjacent to an activating group) is 1. The fourth-order valence-corrected chi connectivity index (χ4v) is 5.72. The zero-order chi connectivity index (χ0) is 25.2. The predicted molar refractivity (Wildman–Crippen MR) is 140 cm³/mol. The zero-order valence-corrected chi connectivity index (χ0v) is 21.7. The van der Waals surface area contributed by atoms with Crippen LogP contribution < -0.4 is 15.0 Å². The number of nitrogens with zero attached hydrogens (tertiary/aromatic N) is 2. The van der Waals surface area contributed by atoms with Gasteiger partial charge in [-0.05, 0) is 75.9 Å². The summed E-state index contributed by atoms with van der Waals surface area (Å²) in [5, 5.41) is 15.0. The van der Waals surface area contributed by atoms with E-state index in [-0.39, 0.29) is 0 Å². The average molecular weight is 478 g/mol. The van der Waals surface area contributed by atoms with E-state index >= 15 is 0 Å². The van der Waals surface area contributed by atoms with Gasteiger partial charge in [-0.25, -0.2) is 4.79 Å². The third kappa shape index (κ3) is 3.73. The Morgan fingerprint density at radius 2 is 1.91 bits per heavy atom. The van der Waals surface area contributed by atoms with Crippen LogP contribution in [0.5, 0.6) is 5.75 Å². The van der Waals surface area contributed by atoms with Crippen LogP contribution in [0, 0.1) is 20.8 Å². The summed E-state index contributed by atoms with van der Waals surface area (Å²) in [5.74, 6) is -0.151. The number of hydrogen-bond acceptors (Lipinski definition) is 5. The molecule has 0 spiro atoms. The fraction of sp³-hybridized carbons (Fsp3) is 0.464. The normalized spacial score (nSPS) is 16.0. The topological polar surface area (TPSA) is 76.0 Å². The van der Waals surface area contributed by atoms with E-state index in [1.807, 2.05) is 33.8 Å². The van der Waals surface area contributed by atoms with Crippen LogP contribution in [0.1, 0.15) is 49.3 Å². The van der Waals surface area contributed by atoms with Crippen molar-refractivity contribution in [3.63, 3.8) is 0 Å². The molecule has 0 bridgehead atoms. The Hall–Kier alpha value is -3.19. The van der Waals surface area contributed by atoms with Crippen LogP contribution in [0.2, 0.25) is 0 Å². The highest BCUT2D eigenvalue weighted by atomic mass is 16.5. The van der Waals surface area contributed by atoms with Crippen LogP contribution in [0.3, 0.4) is 0 Å². The summed E-state index contributed by atoms with van der Waals surface area (Å²) >= 11 is 0. The number of fused-ring (bicyclic) bond motifs is 1. The molecule has 0 amide bonds. The van der Waals surface area contributed by atoms with Crippen LogP contribution in [0.15, 0.2) is 18.2 Å². The van der Waals surface area contributed by atoms with E-state index in [0.717, 1.165) is 75.5 Å². The smallest absolute Gasteiger partial charge is 0.337 e. The van der Waals surface area contributed by atoms with E-state index < -0.39 is 17.7 Å². The lowest BCUT2D eigenvalue weighted by atomic mass is 9.85. The fourth-order valence-electron chi connectivity index (χ4n) is 5.72. The molecule has 2 aliphatic heterocycles. The van der Waals surface area contributed by atoms with E-state index in [0.29, 0.717) is 6.61 Å². The summed E-state index contributed by atoms with van der Waals surface area (Å²) in [6.07, 6.45) is -1.11. The minimum absolute atomic E-state index is 0.629. The number of ether oxygens (including phenoxy) is 2. The van der Waals surface area contributed by atoms with Crippen LogP contribution >= 0.6 is 0 Å². The van der Waals surface area contributed by atoms with Gasteiger partial charge in [0.15, 0.2) is 6.10 Å². The van der Waals surface area contributed by atoms with Crippen LogP contribution in [-0.4, -0.2) is 48.0 Å². The van der Waals surface area contributed by atoms with Gasteiger partial charge in [0.05, 0.1) is 22.5 Å². The molecule has 1 aromatic heterocycles. The molecule has 0 saturated heterocycles. The highest BCUT2D eigenvalue weighted by molar-refractivity contribution is 6.08. The van der Waals surface area contributed by atoms with Gasteiger partial charge >= 0.3 is 5.97 Å². The molecule has 0 radical (unpaired) electrons. The number of carboxylic acid groups (broad SMARTS) is 1. The zero-order valence-electron chi connectivity index (χ0n) is 21.7. The number of nitrogens with one attached hydrogen (secondary N) is 1. The molecule has 2 aliphatic rings. The van der Waals surface area contributed by atoms with E-state index in [2.05, 4.69) is 47.8 Å². The molecule has 1 atom stereocenters. The lowest BCUT2D eigenvalue weighted by Gasteiger charge is -2.34. The third-order valence-electron chi connectivity index (χ3n) is 7.18. The van der Waals surface area contributed by atoms with Crippen molar-refractivity contribution in [3.05, 3.63) is 40.6 Å². The molecule has 35 heavy (non-hydrogen) atoms. The largest absolute Gasteiger partial charge is 0.490 e. The van der Waals surface area contributed by atoms with Crippen molar-refractivity contribution in [1.82, 2.24) is 4.57 Å². The Labute approximate surface area is 206 Å². The van der Waals surface area contributed by atoms with Crippen molar-refractivity contribution < 1.29 is 19.4 Å². The van der Waals surface area contributed by atoms with Gasteiger partial charge in [-0.2, -0.15) is 0 Å². The van der Waals surface area contributed by atoms with Crippen LogP contribution in [0.4, 0.5) is 11.4 Å². The number of benzene rings is 2. The second kappa shape index (κ2) is 8.19. The van der Waals surface area contributed by atoms with Gasteiger partial charge < -0.3 is 29.4 Å². The number of aliphatic carboxylic acids is 1. The molecule has 7 nitrogen and oxygen atoms in total. The second-order valence-electron chi connectivity index (χ2n) is 10.7. The molecule has 3 aromatic rings. The predicted octanol–water partition coefficient (Wildman–Crippen LogP) is 5.43. The minimum atomic E-state index is -1.11. The van der Waals surface area contributed by atoms with Gasteiger partial charge in [-0.3, -0.25) is 0 Å². The maximum absolute atomic E-state index is 12.8. The second-order valence-corrected chi connectivity index (χ2v) is 10.7. The quantitative estimate of drug-likeness (QED) is 0.522. The lowest BCUT2D eigenvalue weighted by molar-refractivity contribution is -0.160. The number of rotatable bonds is 4. The number of hydrogen-bond donors (Lipinski definition) is 2. The monoisotopic (exact) mass is 477 g/mol. The van der Waals surface area contributed by atoms with Gasteiger partial charge in [0.2, 0.25) is 0 Å². The number of aromatic nitrogens is 1. The molecular formula is C28H35N3O4. The van der Waals surface area contributed by atoms with Gasteiger partial charge in [0.1, 0.15) is 12.4 Å². The summed E-state index contributed by atoms with van der Waals surface area (Å²) in [6.45, 7) is 15.1. The van der Waals surface area contributed by atoms with Gasteiger partial charge in [-0.15, -0.1) is 0 Å². The highest BCUT2D eigenvalue weighted by Gasteiger charge is 2.36. The Bertz CT molecular complexity index is 1350. The molecule has 186 valence electrons. The van der Waals surface area contributed by atoms with Crippen molar-refractivity contribution in [2.45, 2.75) is 59.8 Å². The molecule has 5 rings (SSSR count). The maximum atomic E-state index is 12.8. The first-order valence-electron chi connectivity index (χ1n) is 12.3. The van der Waals surface area contributed by atoms with Gasteiger partial charge in [0, 0.05) is 43.3 Å². The van der Waals surface area contributed by atoms with Crippen molar-refractivity contribution in [3.8, 4) is 16.9 Å². The molecule has 2 aromatic carbocycles. The van der Waals surface area contributed by atoms with Crippen molar-refractivity contribution >= 4 is 28.2 Å². The Balaban J connectivity index is 1.92. The molecule has 0 saturated carbocycles. The summed E-state index contributed by atoms with van der Waals surface area (Å²) in [7, 11) is 2.09. The SMILES string of the molecule is Cc1c(-c2c([C@H](OC(C)(C)C)C(=O)O)c(C)c3c4c2cc(C)n4CCN3C)ccc2c1NCCO2. The molecule has 0 fully saturated rings. The minimum Gasteiger partial charge on any atom is -0.490 e. The van der Waals surface area contributed by atoms with E-state index in [9.17, 15) is 9.90 Å². The number of anilines is 2. The van der Waals surface area contributed by atoms with Crippen molar-refractivity contribution in [2.75, 3.05) is 37.0 Å². The maximum Gasteiger partial charge on any atom is 0.337 e. The Morgan fingerprint density at radius 3 is 2.60 bits per heavy atom.